The van der Waals surface area contributed by atoms with Crippen molar-refractivity contribution >= 4 is 34.9 Å². The average Bonchev–Trinajstić information content (AvgIpc) is 3.76. The predicted octanol–water partition coefficient (Wildman–Crippen LogP) is 3.37. The zero-order valence-corrected chi connectivity index (χ0v) is 30.1. The van der Waals surface area contributed by atoms with Gasteiger partial charge in [0.15, 0.2) is 23.2 Å². The highest BCUT2D eigenvalue weighted by Crippen LogP contribution is 2.40. The van der Waals surface area contributed by atoms with Gasteiger partial charge in [-0.2, -0.15) is 0 Å². The van der Waals surface area contributed by atoms with Gasteiger partial charge in [-0.05, 0) is 60.4 Å². The van der Waals surface area contributed by atoms with Crippen LogP contribution < -0.4 is 25.2 Å². The van der Waals surface area contributed by atoms with E-state index in [1.54, 1.807) is 30.2 Å². The molecule has 5 aliphatic rings. The van der Waals surface area contributed by atoms with E-state index in [-0.39, 0.29) is 41.8 Å². The van der Waals surface area contributed by atoms with Crippen molar-refractivity contribution in [1.29, 1.82) is 0 Å². The number of imide groups is 1. The second-order valence-electron chi connectivity index (χ2n) is 14.8. The van der Waals surface area contributed by atoms with Crippen molar-refractivity contribution in [1.82, 2.24) is 30.3 Å². The molecule has 3 N–H and O–H groups in total. The molecule has 16 heteroatoms. The van der Waals surface area contributed by atoms with Crippen molar-refractivity contribution in [2.24, 2.45) is 0 Å². The first-order valence-electron chi connectivity index (χ1n) is 18.5. The Labute approximate surface area is 315 Å². The first-order valence-corrected chi connectivity index (χ1v) is 18.5. The van der Waals surface area contributed by atoms with E-state index in [9.17, 15) is 23.9 Å². The number of aromatic hydroxyl groups is 1. The molecule has 9 rings (SSSR count). The van der Waals surface area contributed by atoms with Gasteiger partial charge in [0.05, 0.1) is 24.0 Å². The van der Waals surface area contributed by atoms with Gasteiger partial charge in [0.1, 0.15) is 12.1 Å². The van der Waals surface area contributed by atoms with Gasteiger partial charge in [0.2, 0.25) is 11.8 Å². The van der Waals surface area contributed by atoms with Crippen LogP contribution in [0.2, 0.25) is 0 Å². The number of para-hydroxylation sites is 1. The van der Waals surface area contributed by atoms with E-state index in [4.69, 9.17) is 4.74 Å². The molecule has 3 saturated heterocycles. The van der Waals surface area contributed by atoms with E-state index in [0.717, 1.165) is 35.6 Å². The lowest BCUT2D eigenvalue weighted by Gasteiger charge is -2.36. The van der Waals surface area contributed by atoms with Gasteiger partial charge >= 0.3 is 0 Å². The van der Waals surface area contributed by atoms with Crippen molar-refractivity contribution in [3.05, 3.63) is 82.5 Å². The number of pyridine rings is 1. The Morgan fingerprint density at radius 2 is 1.84 bits per heavy atom. The van der Waals surface area contributed by atoms with Crippen LogP contribution in [0.5, 0.6) is 11.6 Å². The van der Waals surface area contributed by atoms with E-state index < -0.39 is 29.3 Å². The maximum absolute atomic E-state index is 15.8. The molecule has 3 amide bonds. The van der Waals surface area contributed by atoms with E-state index >= 15 is 4.39 Å². The predicted molar refractivity (Wildman–Crippen MR) is 197 cm³/mol. The lowest BCUT2D eigenvalue weighted by atomic mass is 10.0. The van der Waals surface area contributed by atoms with Crippen molar-refractivity contribution in [3.8, 4) is 22.9 Å². The van der Waals surface area contributed by atoms with Gasteiger partial charge in [0.25, 0.3) is 11.8 Å². The van der Waals surface area contributed by atoms with Gasteiger partial charge in [-0.1, -0.05) is 12.1 Å². The molecule has 3 unspecified atom stereocenters. The van der Waals surface area contributed by atoms with Crippen LogP contribution in [0.4, 0.5) is 26.0 Å². The molecule has 0 saturated carbocycles. The number of hydrogen-bond donors (Lipinski definition) is 3. The Bertz CT molecular complexity index is 2230. The summed E-state index contributed by atoms with van der Waals surface area (Å²) in [5.74, 6) is -2.10. The second-order valence-corrected chi connectivity index (χ2v) is 14.8. The van der Waals surface area contributed by atoms with Crippen molar-refractivity contribution in [2.75, 3.05) is 54.4 Å². The minimum atomic E-state index is -0.740. The Kier molecular flexibility index (Phi) is 8.71. The van der Waals surface area contributed by atoms with Gasteiger partial charge in [-0.25, -0.2) is 13.8 Å². The monoisotopic (exact) mass is 751 g/mol. The number of phenols is 1. The third kappa shape index (κ3) is 6.33. The van der Waals surface area contributed by atoms with Crippen molar-refractivity contribution < 1.29 is 33.0 Å². The van der Waals surface area contributed by atoms with E-state index in [0.29, 0.717) is 74.7 Å². The molecule has 4 aromatic rings. The average molecular weight is 752 g/mol. The normalized spacial score (nSPS) is 22.3. The molecule has 5 aliphatic heterocycles. The highest BCUT2D eigenvalue weighted by molar-refractivity contribution is 6.05. The molecule has 284 valence electrons. The number of aromatic nitrogens is 3. The highest BCUT2D eigenvalue weighted by Gasteiger charge is 2.40. The SMILES string of the molecule is Cc1c(CN2CCN(c3ccc4c(c3)C(=O)N(C3CCC(=O)NC3=O)C4)CC2)cnc(OC2CC3CNc4nnc(-c5cccc(F)c5O)cc4N3C2)c1F. The number of piperazine rings is 1. The number of piperidine rings is 1. The van der Waals surface area contributed by atoms with E-state index in [1.165, 1.54) is 12.1 Å². The van der Waals surface area contributed by atoms with Gasteiger partial charge in [-0.3, -0.25) is 24.6 Å². The summed E-state index contributed by atoms with van der Waals surface area (Å²) in [5.41, 5.74) is 4.99. The van der Waals surface area contributed by atoms with Crippen LogP contribution in [0, 0.1) is 18.6 Å². The zero-order valence-electron chi connectivity index (χ0n) is 30.1. The number of amides is 3. The number of ether oxygens (including phenoxy) is 1. The number of phenolic OH excluding ortho intramolecular Hbond substituents is 1. The number of hydrogen-bond acceptors (Lipinski definition) is 12. The number of carbonyl (C=O) groups excluding carboxylic acids is 3. The third-order valence-corrected chi connectivity index (χ3v) is 11.5. The van der Waals surface area contributed by atoms with Crippen molar-refractivity contribution in [2.45, 2.75) is 57.5 Å². The Morgan fingerprint density at radius 3 is 2.65 bits per heavy atom. The third-order valence-electron chi connectivity index (χ3n) is 11.5. The Hall–Kier alpha value is -5.90. The summed E-state index contributed by atoms with van der Waals surface area (Å²) < 4.78 is 36.1. The molecule has 2 aromatic heterocycles. The standard InChI is InChI=1S/C39H39F2N9O5/c1-21-23(18-47-9-11-48(12-10-47)24-6-5-22-19-50(39(54)28(22)14-24)31-7-8-33(51)44-37(31)53)16-43-38(34(21)41)55-26-13-25-17-42-36-32(49(25)20-26)15-30(45-46-36)27-3-2-4-29(40)35(27)52/h2-6,14-16,25-26,31,52H,7-13,17-20H2,1H3,(H,42,46)(H,44,51,53). The maximum Gasteiger partial charge on any atom is 0.255 e. The summed E-state index contributed by atoms with van der Waals surface area (Å²) >= 11 is 0. The molecular weight excluding hydrogens is 712 g/mol. The molecule has 0 radical (unpaired) electrons. The zero-order chi connectivity index (χ0) is 38.0. The summed E-state index contributed by atoms with van der Waals surface area (Å²) in [7, 11) is 0. The number of nitrogens with one attached hydrogen (secondary N) is 2. The Morgan fingerprint density at radius 1 is 1.00 bits per heavy atom. The maximum atomic E-state index is 15.8. The van der Waals surface area contributed by atoms with Crippen LogP contribution in [-0.4, -0.2) is 105 Å². The molecule has 55 heavy (non-hydrogen) atoms. The quantitative estimate of drug-likeness (QED) is 0.237. The fourth-order valence-electron chi connectivity index (χ4n) is 8.38. The molecule has 14 nitrogen and oxygen atoms in total. The summed E-state index contributed by atoms with van der Waals surface area (Å²) in [4.78, 5) is 50.0. The molecule has 3 fully saturated rings. The molecule has 2 aromatic carbocycles. The van der Waals surface area contributed by atoms with Crippen LogP contribution in [-0.2, 0) is 22.7 Å². The largest absolute Gasteiger partial charge is 0.504 e. The fourth-order valence-corrected chi connectivity index (χ4v) is 8.38. The lowest BCUT2D eigenvalue weighted by molar-refractivity contribution is -0.136. The van der Waals surface area contributed by atoms with E-state index in [1.807, 2.05) is 18.2 Å². The molecule has 3 atom stereocenters. The summed E-state index contributed by atoms with van der Waals surface area (Å²) in [5, 5.41) is 24.4. The molecule has 0 spiro atoms. The number of halogens is 2. The number of fused-ring (bicyclic) bond motifs is 4. The summed E-state index contributed by atoms with van der Waals surface area (Å²) in [6, 6.07) is 11.3. The summed E-state index contributed by atoms with van der Waals surface area (Å²) in [6.45, 7) is 6.56. The second kappa shape index (κ2) is 13.7. The van der Waals surface area contributed by atoms with Crippen LogP contribution in [0.25, 0.3) is 11.3 Å². The van der Waals surface area contributed by atoms with Gasteiger partial charge in [-0.15, -0.1) is 10.2 Å². The van der Waals surface area contributed by atoms with Gasteiger partial charge < -0.3 is 29.9 Å². The van der Waals surface area contributed by atoms with E-state index in [2.05, 4.69) is 40.5 Å². The summed E-state index contributed by atoms with van der Waals surface area (Å²) in [6.07, 6.45) is 2.51. The number of anilines is 3. The van der Waals surface area contributed by atoms with Crippen LogP contribution in [0.1, 0.15) is 46.3 Å². The first-order chi connectivity index (χ1) is 26.6. The van der Waals surface area contributed by atoms with Gasteiger partial charge in [0, 0.05) is 81.7 Å². The fraction of sp³-hybridized carbons (Fsp3) is 0.385. The highest BCUT2D eigenvalue weighted by atomic mass is 19.1. The number of nitrogens with zero attached hydrogens (tertiary/aromatic N) is 7. The molecule has 7 heterocycles. The van der Waals surface area contributed by atoms with Crippen LogP contribution >= 0.6 is 0 Å². The smallest absolute Gasteiger partial charge is 0.255 e. The van der Waals surface area contributed by atoms with Crippen LogP contribution in [0.3, 0.4) is 0 Å². The molecule has 0 bridgehead atoms. The minimum Gasteiger partial charge on any atom is -0.504 e. The number of carbonyl (C=O) groups is 3. The molecular formula is C39H39F2N9O5. The minimum absolute atomic E-state index is 0.0374. The van der Waals surface area contributed by atoms with Crippen molar-refractivity contribution in [3.63, 3.8) is 0 Å². The van der Waals surface area contributed by atoms with Crippen LogP contribution in [0.15, 0.2) is 48.7 Å². The lowest BCUT2D eigenvalue weighted by Crippen LogP contribution is -2.52. The Balaban J connectivity index is 0.814. The number of benzene rings is 2. The topological polar surface area (TPSA) is 156 Å². The molecule has 0 aliphatic carbocycles. The first kappa shape index (κ1) is 34.8. The number of rotatable bonds is 7.